The van der Waals surface area contributed by atoms with Crippen molar-refractivity contribution in [3.05, 3.63) is 35.9 Å². The van der Waals surface area contributed by atoms with Crippen LogP contribution >= 0.6 is 0 Å². The van der Waals surface area contributed by atoms with E-state index in [1.54, 1.807) is 6.92 Å². The summed E-state index contributed by atoms with van der Waals surface area (Å²) in [6.45, 7) is 14.9. The fraction of sp³-hybridized carbons (Fsp3) is 0.652. The van der Waals surface area contributed by atoms with E-state index < -0.39 is 32.3 Å². The molecule has 1 fully saturated rings. The number of aliphatic hydroxyl groups is 1. The average Bonchev–Trinajstić information content (AvgIpc) is 3.04. The van der Waals surface area contributed by atoms with Crippen LogP contribution < -0.4 is 0 Å². The third-order valence-electron chi connectivity index (χ3n) is 6.51. The molecular formula is C23H37NO5Si. The quantitative estimate of drug-likeness (QED) is 0.618. The largest absolute Gasteiger partial charge is 0.447 e. The second kappa shape index (κ2) is 9.62. The van der Waals surface area contributed by atoms with Gasteiger partial charge in [-0.05, 0) is 30.1 Å². The molecule has 0 aromatic heterocycles. The van der Waals surface area contributed by atoms with E-state index >= 15 is 0 Å². The molecule has 4 atom stereocenters. The third kappa shape index (κ3) is 5.71. The number of hydrogen-bond donors (Lipinski definition) is 1. The Morgan fingerprint density at radius 3 is 2.43 bits per heavy atom. The Morgan fingerprint density at radius 1 is 1.27 bits per heavy atom. The van der Waals surface area contributed by atoms with Crippen molar-refractivity contribution < 1.29 is 23.9 Å². The number of carbonyl (C=O) groups excluding carboxylic acids is 2. The summed E-state index contributed by atoms with van der Waals surface area (Å²) in [7, 11) is -1.95. The van der Waals surface area contributed by atoms with E-state index in [2.05, 4.69) is 33.9 Å². The number of nitrogens with zero attached hydrogens (tertiary/aromatic N) is 1. The van der Waals surface area contributed by atoms with Gasteiger partial charge in [-0.25, -0.2) is 9.69 Å². The molecule has 1 heterocycles. The highest BCUT2D eigenvalue weighted by Crippen LogP contribution is 2.37. The molecule has 0 radical (unpaired) electrons. The lowest BCUT2D eigenvalue weighted by Gasteiger charge is -2.38. The number of amides is 2. The van der Waals surface area contributed by atoms with E-state index in [9.17, 15) is 14.7 Å². The molecule has 1 aromatic rings. The first kappa shape index (κ1) is 24.6. The van der Waals surface area contributed by atoms with Gasteiger partial charge in [0, 0.05) is 12.5 Å². The molecule has 1 aliphatic heterocycles. The van der Waals surface area contributed by atoms with Crippen LogP contribution in [0.15, 0.2) is 30.3 Å². The van der Waals surface area contributed by atoms with E-state index in [-0.39, 0.29) is 23.6 Å². The number of carbonyl (C=O) groups is 2. The summed E-state index contributed by atoms with van der Waals surface area (Å²) in [6.07, 6.45) is -1.01. The number of ether oxygens (including phenoxy) is 1. The number of benzene rings is 1. The predicted octanol–water partition coefficient (Wildman–Crippen LogP) is 4.23. The van der Waals surface area contributed by atoms with E-state index in [0.717, 1.165) is 5.56 Å². The number of cyclic esters (lactones) is 1. The van der Waals surface area contributed by atoms with Gasteiger partial charge in [0.15, 0.2) is 8.32 Å². The maximum Gasteiger partial charge on any atom is 0.416 e. The van der Waals surface area contributed by atoms with Crippen LogP contribution in [-0.2, 0) is 20.4 Å². The Morgan fingerprint density at radius 2 is 1.87 bits per heavy atom. The molecule has 168 valence electrons. The predicted molar refractivity (Wildman–Crippen MR) is 120 cm³/mol. The molecule has 6 nitrogen and oxygen atoms in total. The first-order valence-electron chi connectivity index (χ1n) is 10.7. The summed E-state index contributed by atoms with van der Waals surface area (Å²) < 4.78 is 11.4. The molecule has 0 aliphatic carbocycles. The lowest BCUT2D eigenvalue weighted by Crippen LogP contribution is -2.48. The van der Waals surface area contributed by atoms with Crippen LogP contribution in [0.5, 0.6) is 0 Å². The standard InChI is InChI=1S/C23H37NO5Si/c1-16(14-29-30(6,7)23(3,4)5)20(25)17(2)21(26)24-19(15-28-22(24)27)13-18-11-9-8-10-12-18/h8-12,16-17,19-20,25H,13-15H2,1-7H3/t16-,17-,19-,20+/m1/s1. The molecule has 2 amide bonds. The normalized spacial score (nSPS) is 20.6. The van der Waals surface area contributed by atoms with Crippen LogP contribution in [0.4, 0.5) is 4.79 Å². The average molecular weight is 436 g/mol. The Hall–Kier alpha value is -1.70. The topological polar surface area (TPSA) is 76.1 Å². The molecule has 0 saturated carbocycles. The van der Waals surface area contributed by atoms with Gasteiger partial charge in [0.25, 0.3) is 0 Å². The zero-order valence-electron chi connectivity index (χ0n) is 19.3. The van der Waals surface area contributed by atoms with Crippen molar-refractivity contribution in [1.29, 1.82) is 0 Å². The number of rotatable bonds is 8. The molecule has 2 rings (SSSR count). The van der Waals surface area contributed by atoms with Crippen LogP contribution in [0.25, 0.3) is 0 Å². The minimum Gasteiger partial charge on any atom is -0.447 e. The van der Waals surface area contributed by atoms with Crippen molar-refractivity contribution in [1.82, 2.24) is 4.90 Å². The van der Waals surface area contributed by atoms with E-state index in [4.69, 9.17) is 9.16 Å². The van der Waals surface area contributed by atoms with Gasteiger partial charge in [0.05, 0.1) is 18.1 Å². The Labute approximate surface area is 181 Å². The molecule has 0 spiro atoms. The van der Waals surface area contributed by atoms with Crippen molar-refractivity contribution in [2.75, 3.05) is 13.2 Å². The molecule has 1 saturated heterocycles. The summed E-state index contributed by atoms with van der Waals surface area (Å²) in [4.78, 5) is 26.5. The Kier molecular flexibility index (Phi) is 7.88. The molecular weight excluding hydrogens is 398 g/mol. The lowest BCUT2D eigenvalue weighted by molar-refractivity contribution is -0.137. The molecule has 1 N–H and O–H groups in total. The molecule has 0 bridgehead atoms. The van der Waals surface area contributed by atoms with Gasteiger partial charge in [0.2, 0.25) is 5.91 Å². The maximum absolute atomic E-state index is 13.1. The number of aliphatic hydroxyl groups excluding tert-OH is 1. The van der Waals surface area contributed by atoms with E-state index in [0.29, 0.717) is 13.0 Å². The summed E-state index contributed by atoms with van der Waals surface area (Å²) in [5, 5.41) is 10.9. The highest BCUT2D eigenvalue weighted by atomic mass is 28.4. The van der Waals surface area contributed by atoms with Crippen LogP contribution in [0.3, 0.4) is 0 Å². The molecule has 1 aromatic carbocycles. The highest BCUT2D eigenvalue weighted by Gasteiger charge is 2.43. The van der Waals surface area contributed by atoms with Crippen LogP contribution in [-0.4, -0.2) is 55.7 Å². The Bertz CT molecular complexity index is 731. The van der Waals surface area contributed by atoms with Gasteiger partial charge in [-0.2, -0.15) is 0 Å². The zero-order valence-corrected chi connectivity index (χ0v) is 20.3. The SMILES string of the molecule is C[C@H](CO[Si](C)(C)C(C)(C)C)[C@H](O)[C@@H](C)C(=O)N1C(=O)OC[C@H]1Cc1ccccc1. The summed E-state index contributed by atoms with van der Waals surface area (Å²) in [6, 6.07) is 9.34. The summed E-state index contributed by atoms with van der Waals surface area (Å²) in [5.74, 6) is -1.36. The fourth-order valence-corrected chi connectivity index (χ4v) is 4.39. The van der Waals surface area contributed by atoms with Gasteiger partial charge in [-0.1, -0.05) is 65.0 Å². The molecule has 30 heavy (non-hydrogen) atoms. The maximum atomic E-state index is 13.1. The minimum atomic E-state index is -1.95. The van der Waals surface area contributed by atoms with Crippen molar-refractivity contribution in [2.45, 2.75) is 71.3 Å². The minimum absolute atomic E-state index is 0.0725. The summed E-state index contributed by atoms with van der Waals surface area (Å²) in [5.41, 5.74) is 1.03. The number of imide groups is 1. The van der Waals surface area contributed by atoms with Gasteiger partial charge in [-0.3, -0.25) is 4.79 Å². The highest BCUT2D eigenvalue weighted by molar-refractivity contribution is 6.74. The monoisotopic (exact) mass is 435 g/mol. The van der Waals surface area contributed by atoms with Crippen molar-refractivity contribution in [2.24, 2.45) is 11.8 Å². The van der Waals surface area contributed by atoms with Crippen molar-refractivity contribution in [3.8, 4) is 0 Å². The zero-order chi connectivity index (χ0) is 22.7. The number of hydrogen-bond acceptors (Lipinski definition) is 5. The molecule has 1 aliphatic rings. The first-order chi connectivity index (χ1) is 13.8. The van der Waals surface area contributed by atoms with E-state index in [1.807, 2.05) is 37.3 Å². The van der Waals surface area contributed by atoms with E-state index in [1.165, 1.54) is 4.90 Å². The van der Waals surface area contributed by atoms with Crippen molar-refractivity contribution in [3.63, 3.8) is 0 Å². The van der Waals surface area contributed by atoms with Gasteiger partial charge >= 0.3 is 6.09 Å². The van der Waals surface area contributed by atoms with Crippen LogP contribution in [0.1, 0.15) is 40.2 Å². The second-order valence-electron chi connectivity index (χ2n) is 9.96. The van der Waals surface area contributed by atoms with Crippen LogP contribution in [0.2, 0.25) is 18.1 Å². The van der Waals surface area contributed by atoms with Gasteiger partial charge in [-0.15, -0.1) is 0 Å². The van der Waals surface area contributed by atoms with Crippen LogP contribution in [0, 0.1) is 11.8 Å². The van der Waals surface area contributed by atoms with Crippen molar-refractivity contribution >= 4 is 20.3 Å². The smallest absolute Gasteiger partial charge is 0.416 e. The third-order valence-corrected chi connectivity index (χ3v) is 11.0. The second-order valence-corrected chi connectivity index (χ2v) is 14.8. The fourth-order valence-electron chi connectivity index (χ4n) is 3.28. The molecule has 7 heteroatoms. The lowest BCUT2D eigenvalue weighted by atomic mass is 9.92. The van der Waals surface area contributed by atoms with Gasteiger partial charge < -0.3 is 14.3 Å². The van der Waals surface area contributed by atoms with Gasteiger partial charge in [0.1, 0.15) is 6.61 Å². The summed E-state index contributed by atoms with van der Waals surface area (Å²) >= 11 is 0. The molecule has 0 unspecified atom stereocenters. The first-order valence-corrected chi connectivity index (χ1v) is 13.6. The Balaban J connectivity index is 2.02.